The minimum atomic E-state index is -0.237. The zero-order chi connectivity index (χ0) is 16.4. The number of carbonyl (C=O) groups excluding carboxylic acids is 1. The summed E-state index contributed by atoms with van der Waals surface area (Å²) in [6.07, 6.45) is 2.32. The first-order chi connectivity index (χ1) is 11.0. The highest BCUT2D eigenvalue weighted by molar-refractivity contribution is 5.91. The Labute approximate surface area is 135 Å². The van der Waals surface area contributed by atoms with Crippen LogP contribution < -0.4 is 0 Å². The average molecular weight is 318 g/mol. The molecule has 7 heteroatoms. The largest absolute Gasteiger partial charge is 0.367 e. The Kier molecular flexibility index (Phi) is 4.47. The number of ether oxygens (including phenoxy) is 1. The molecule has 0 unspecified atom stereocenters. The van der Waals surface area contributed by atoms with Crippen LogP contribution in [0.15, 0.2) is 16.8 Å². The lowest BCUT2D eigenvalue weighted by Gasteiger charge is -2.31. The number of nitrogens with zero attached hydrogens (tertiary/aromatic N) is 3. The SMILES string of the molecule is Cc1cnc([C@@H]2CN(C(=O)c3cc(CC(C)C)no3)CCO2)[nH]1. The third kappa shape index (κ3) is 3.61. The summed E-state index contributed by atoms with van der Waals surface area (Å²) in [6.45, 7) is 7.61. The maximum atomic E-state index is 12.6. The van der Waals surface area contributed by atoms with E-state index < -0.39 is 0 Å². The number of amides is 1. The molecule has 2 aromatic rings. The predicted molar refractivity (Wildman–Crippen MR) is 83.0 cm³/mol. The van der Waals surface area contributed by atoms with Crippen LogP contribution in [0.1, 0.15) is 47.7 Å². The van der Waals surface area contributed by atoms with Gasteiger partial charge in [-0.05, 0) is 19.3 Å². The van der Waals surface area contributed by atoms with Crippen molar-refractivity contribution in [1.29, 1.82) is 0 Å². The Hall–Kier alpha value is -2.15. The van der Waals surface area contributed by atoms with E-state index in [1.165, 1.54) is 0 Å². The molecule has 0 spiro atoms. The Morgan fingerprint density at radius 2 is 2.35 bits per heavy atom. The zero-order valence-electron chi connectivity index (χ0n) is 13.7. The molecule has 0 bridgehead atoms. The number of aryl methyl sites for hydroxylation is 1. The molecule has 0 saturated carbocycles. The maximum Gasteiger partial charge on any atom is 0.292 e. The summed E-state index contributed by atoms with van der Waals surface area (Å²) in [5.41, 5.74) is 1.79. The maximum absolute atomic E-state index is 12.6. The number of hydrogen-bond donors (Lipinski definition) is 1. The summed E-state index contributed by atoms with van der Waals surface area (Å²) in [5.74, 6) is 1.36. The van der Waals surface area contributed by atoms with E-state index in [2.05, 4.69) is 29.0 Å². The van der Waals surface area contributed by atoms with E-state index in [0.29, 0.717) is 25.6 Å². The number of hydrogen-bond acceptors (Lipinski definition) is 5. The van der Waals surface area contributed by atoms with Gasteiger partial charge in [0.25, 0.3) is 5.91 Å². The molecule has 3 heterocycles. The second-order valence-electron chi connectivity index (χ2n) is 6.34. The quantitative estimate of drug-likeness (QED) is 0.933. The Morgan fingerprint density at radius 1 is 1.52 bits per heavy atom. The van der Waals surface area contributed by atoms with Gasteiger partial charge in [-0.3, -0.25) is 4.79 Å². The minimum absolute atomic E-state index is 0.149. The fourth-order valence-corrected chi connectivity index (χ4v) is 2.68. The Balaban J connectivity index is 1.68. The lowest BCUT2D eigenvalue weighted by Crippen LogP contribution is -2.42. The highest BCUT2D eigenvalue weighted by Crippen LogP contribution is 2.21. The van der Waals surface area contributed by atoms with Gasteiger partial charge in [-0.15, -0.1) is 0 Å². The smallest absolute Gasteiger partial charge is 0.292 e. The molecule has 0 radical (unpaired) electrons. The van der Waals surface area contributed by atoms with E-state index >= 15 is 0 Å². The third-order valence-electron chi connectivity index (χ3n) is 3.77. The van der Waals surface area contributed by atoms with Crippen molar-refractivity contribution in [2.45, 2.75) is 33.3 Å². The molecular formula is C16H22N4O3. The molecule has 1 atom stereocenters. The van der Waals surface area contributed by atoms with Gasteiger partial charge in [0.1, 0.15) is 11.9 Å². The van der Waals surface area contributed by atoms with Gasteiger partial charge in [0.2, 0.25) is 5.76 Å². The van der Waals surface area contributed by atoms with Crippen molar-refractivity contribution in [2.24, 2.45) is 5.92 Å². The first kappa shape index (κ1) is 15.7. The van der Waals surface area contributed by atoms with Crippen molar-refractivity contribution >= 4 is 5.91 Å². The summed E-state index contributed by atoms with van der Waals surface area (Å²) >= 11 is 0. The first-order valence-corrected chi connectivity index (χ1v) is 7.91. The molecule has 1 saturated heterocycles. The van der Waals surface area contributed by atoms with Gasteiger partial charge >= 0.3 is 0 Å². The zero-order valence-corrected chi connectivity index (χ0v) is 13.7. The number of morpholine rings is 1. The summed E-state index contributed by atoms with van der Waals surface area (Å²) in [6, 6.07) is 1.74. The third-order valence-corrected chi connectivity index (χ3v) is 3.77. The van der Waals surface area contributed by atoms with Crippen LogP contribution in [0.5, 0.6) is 0 Å². The molecule has 2 aromatic heterocycles. The molecule has 0 aliphatic carbocycles. The lowest BCUT2D eigenvalue weighted by molar-refractivity contribution is -0.0276. The van der Waals surface area contributed by atoms with E-state index in [-0.39, 0.29) is 17.8 Å². The molecule has 1 fully saturated rings. The molecular weight excluding hydrogens is 296 g/mol. The normalized spacial score (nSPS) is 18.6. The summed E-state index contributed by atoms with van der Waals surface area (Å²) in [4.78, 5) is 21.8. The Morgan fingerprint density at radius 3 is 3.04 bits per heavy atom. The van der Waals surface area contributed by atoms with E-state index in [1.54, 1.807) is 17.2 Å². The summed E-state index contributed by atoms with van der Waals surface area (Å²) < 4.78 is 10.9. The number of H-pyrrole nitrogens is 1. The van der Waals surface area contributed by atoms with Crippen molar-refractivity contribution in [1.82, 2.24) is 20.0 Å². The number of rotatable bonds is 4. The fourth-order valence-electron chi connectivity index (χ4n) is 2.68. The van der Waals surface area contributed by atoms with Crippen LogP contribution in [0.25, 0.3) is 0 Å². The highest BCUT2D eigenvalue weighted by Gasteiger charge is 2.29. The van der Waals surface area contributed by atoms with Gasteiger partial charge in [0, 0.05) is 24.5 Å². The van der Waals surface area contributed by atoms with Gasteiger partial charge in [-0.1, -0.05) is 19.0 Å². The van der Waals surface area contributed by atoms with Crippen molar-refractivity contribution in [3.05, 3.63) is 35.2 Å². The van der Waals surface area contributed by atoms with E-state index in [4.69, 9.17) is 9.26 Å². The van der Waals surface area contributed by atoms with E-state index in [9.17, 15) is 4.79 Å². The molecule has 1 aliphatic heterocycles. The van der Waals surface area contributed by atoms with Gasteiger partial charge in [0.15, 0.2) is 0 Å². The van der Waals surface area contributed by atoms with Crippen LogP contribution in [-0.4, -0.2) is 45.6 Å². The van der Waals surface area contributed by atoms with Crippen molar-refractivity contribution in [2.75, 3.05) is 19.7 Å². The minimum Gasteiger partial charge on any atom is -0.367 e. The van der Waals surface area contributed by atoms with Crippen LogP contribution in [0, 0.1) is 12.8 Å². The molecule has 1 aliphatic rings. The molecule has 7 nitrogen and oxygen atoms in total. The molecule has 23 heavy (non-hydrogen) atoms. The van der Waals surface area contributed by atoms with E-state index in [1.807, 2.05) is 6.92 Å². The molecule has 1 amide bonds. The highest BCUT2D eigenvalue weighted by atomic mass is 16.5. The lowest BCUT2D eigenvalue weighted by atomic mass is 10.1. The number of nitrogens with one attached hydrogen (secondary N) is 1. The van der Waals surface area contributed by atoms with Crippen molar-refractivity contribution < 1.29 is 14.1 Å². The Bertz CT molecular complexity index is 676. The van der Waals surface area contributed by atoms with Crippen LogP contribution >= 0.6 is 0 Å². The summed E-state index contributed by atoms with van der Waals surface area (Å²) in [5, 5.41) is 3.98. The topological polar surface area (TPSA) is 84.2 Å². The second-order valence-corrected chi connectivity index (χ2v) is 6.34. The van der Waals surface area contributed by atoms with Gasteiger partial charge < -0.3 is 19.1 Å². The standard InChI is InChI=1S/C16H22N4O3/c1-10(2)6-12-7-13(23-19-12)16(21)20-4-5-22-14(9-20)15-17-8-11(3)18-15/h7-8,10,14H,4-6,9H2,1-3H3,(H,17,18)/t14-/m0/s1. The van der Waals surface area contributed by atoms with Crippen LogP contribution in [0.3, 0.4) is 0 Å². The number of aromatic amines is 1. The predicted octanol–water partition coefficient (Wildman–Crippen LogP) is 2.12. The molecule has 3 rings (SSSR count). The molecule has 124 valence electrons. The second kappa shape index (κ2) is 6.54. The monoisotopic (exact) mass is 318 g/mol. The molecule has 1 N–H and O–H groups in total. The van der Waals surface area contributed by atoms with E-state index in [0.717, 1.165) is 23.6 Å². The number of aromatic nitrogens is 3. The average Bonchev–Trinajstić information content (AvgIpc) is 3.15. The molecule has 0 aromatic carbocycles. The van der Waals surface area contributed by atoms with Crippen LogP contribution in [-0.2, 0) is 11.2 Å². The van der Waals surface area contributed by atoms with Crippen LogP contribution in [0.4, 0.5) is 0 Å². The number of imidazole rings is 1. The van der Waals surface area contributed by atoms with Gasteiger partial charge in [-0.2, -0.15) is 0 Å². The van der Waals surface area contributed by atoms with Gasteiger partial charge in [-0.25, -0.2) is 4.98 Å². The van der Waals surface area contributed by atoms with Crippen LogP contribution in [0.2, 0.25) is 0 Å². The summed E-state index contributed by atoms with van der Waals surface area (Å²) in [7, 11) is 0. The van der Waals surface area contributed by atoms with Crippen molar-refractivity contribution in [3.8, 4) is 0 Å². The number of carbonyl (C=O) groups is 1. The van der Waals surface area contributed by atoms with Crippen molar-refractivity contribution in [3.63, 3.8) is 0 Å². The fraction of sp³-hybridized carbons (Fsp3) is 0.562. The van der Waals surface area contributed by atoms with Gasteiger partial charge in [0.05, 0.1) is 18.8 Å². The first-order valence-electron chi connectivity index (χ1n) is 7.91.